The quantitative estimate of drug-likeness (QED) is 0.838. The lowest BCUT2D eigenvalue weighted by Gasteiger charge is -2.21. The standard InChI is InChI=1S/C20H23N3O3/c1-14-7-4-5-8-17(14)12-21-20(26)13-23(16(3)25)19-10-6-9-18(11-19)22-15(2)24/h4-11H,12-13H2,1-3H3,(H,21,26)(H,22,24). The van der Waals surface area contributed by atoms with Crippen molar-refractivity contribution in [3.05, 3.63) is 59.7 Å². The molecular weight excluding hydrogens is 330 g/mol. The van der Waals surface area contributed by atoms with Crippen molar-refractivity contribution >= 4 is 29.1 Å². The monoisotopic (exact) mass is 353 g/mol. The van der Waals surface area contributed by atoms with Crippen molar-refractivity contribution in [2.45, 2.75) is 27.3 Å². The maximum atomic E-state index is 12.3. The van der Waals surface area contributed by atoms with Crippen molar-refractivity contribution in [3.8, 4) is 0 Å². The fraction of sp³-hybridized carbons (Fsp3) is 0.250. The molecule has 3 amide bonds. The third kappa shape index (κ3) is 5.44. The molecule has 0 atom stereocenters. The highest BCUT2D eigenvalue weighted by Crippen LogP contribution is 2.19. The van der Waals surface area contributed by atoms with Crippen LogP contribution in [0, 0.1) is 6.92 Å². The van der Waals surface area contributed by atoms with Gasteiger partial charge in [0.05, 0.1) is 0 Å². The lowest BCUT2D eigenvalue weighted by molar-refractivity contribution is -0.123. The van der Waals surface area contributed by atoms with Crippen LogP contribution in [0.1, 0.15) is 25.0 Å². The zero-order valence-electron chi connectivity index (χ0n) is 15.2. The lowest BCUT2D eigenvalue weighted by Crippen LogP contribution is -2.39. The van der Waals surface area contributed by atoms with Gasteiger partial charge in [-0.15, -0.1) is 0 Å². The smallest absolute Gasteiger partial charge is 0.240 e. The normalized spacial score (nSPS) is 10.1. The molecule has 0 spiro atoms. The highest BCUT2D eigenvalue weighted by molar-refractivity contribution is 5.98. The summed E-state index contributed by atoms with van der Waals surface area (Å²) in [6, 6.07) is 14.6. The Hall–Kier alpha value is -3.15. The second kappa shape index (κ2) is 8.80. The van der Waals surface area contributed by atoms with Crippen LogP contribution in [0.5, 0.6) is 0 Å². The van der Waals surface area contributed by atoms with Crippen LogP contribution < -0.4 is 15.5 Å². The number of benzene rings is 2. The van der Waals surface area contributed by atoms with E-state index in [2.05, 4.69) is 10.6 Å². The van der Waals surface area contributed by atoms with Gasteiger partial charge in [0.1, 0.15) is 6.54 Å². The predicted molar refractivity (Wildman–Crippen MR) is 102 cm³/mol. The summed E-state index contributed by atoms with van der Waals surface area (Å²) in [4.78, 5) is 36.9. The molecule has 0 aromatic heterocycles. The molecule has 0 aliphatic carbocycles. The minimum Gasteiger partial charge on any atom is -0.350 e. The second-order valence-corrected chi connectivity index (χ2v) is 6.04. The second-order valence-electron chi connectivity index (χ2n) is 6.04. The van der Waals surface area contributed by atoms with Crippen molar-refractivity contribution < 1.29 is 14.4 Å². The van der Waals surface area contributed by atoms with Crippen molar-refractivity contribution in [2.75, 3.05) is 16.8 Å². The lowest BCUT2D eigenvalue weighted by atomic mass is 10.1. The average Bonchev–Trinajstić information content (AvgIpc) is 2.58. The Bertz CT molecular complexity index is 817. The van der Waals surface area contributed by atoms with Crippen LogP contribution in [-0.4, -0.2) is 24.3 Å². The van der Waals surface area contributed by atoms with E-state index in [0.29, 0.717) is 17.9 Å². The van der Waals surface area contributed by atoms with Gasteiger partial charge in [0.15, 0.2) is 0 Å². The summed E-state index contributed by atoms with van der Waals surface area (Å²) in [7, 11) is 0. The number of carbonyl (C=O) groups is 3. The molecule has 2 aromatic carbocycles. The maximum Gasteiger partial charge on any atom is 0.240 e. The molecule has 0 bridgehead atoms. The number of aryl methyl sites for hydroxylation is 1. The van der Waals surface area contributed by atoms with E-state index in [9.17, 15) is 14.4 Å². The maximum absolute atomic E-state index is 12.3. The van der Waals surface area contributed by atoms with E-state index in [1.54, 1.807) is 24.3 Å². The van der Waals surface area contributed by atoms with Gasteiger partial charge >= 0.3 is 0 Å². The minimum atomic E-state index is -0.256. The molecule has 2 N–H and O–H groups in total. The third-order valence-corrected chi connectivity index (χ3v) is 3.90. The fourth-order valence-electron chi connectivity index (χ4n) is 2.54. The molecule has 0 radical (unpaired) electrons. The summed E-state index contributed by atoms with van der Waals surface area (Å²) in [6.07, 6.45) is 0. The Balaban J connectivity index is 2.06. The molecule has 6 nitrogen and oxygen atoms in total. The molecule has 0 fully saturated rings. The molecule has 26 heavy (non-hydrogen) atoms. The molecule has 0 unspecified atom stereocenters. The fourth-order valence-corrected chi connectivity index (χ4v) is 2.54. The van der Waals surface area contributed by atoms with Gasteiger partial charge < -0.3 is 15.5 Å². The molecule has 0 saturated carbocycles. The van der Waals surface area contributed by atoms with Crippen molar-refractivity contribution in [1.29, 1.82) is 0 Å². The van der Waals surface area contributed by atoms with Gasteiger partial charge in [-0.25, -0.2) is 0 Å². The van der Waals surface area contributed by atoms with E-state index >= 15 is 0 Å². The van der Waals surface area contributed by atoms with Gasteiger partial charge in [0.25, 0.3) is 0 Å². The number of hydrogen-bond donors (Lipinski definition) is 2. The molecule has 2 aromatic rings. The number of nitrogens with zero attached hydrogens (tertiary/aromatic N) is 1. The average molecular weight is 353 g/mol. The summed E-state index contributed by atoms with van der Waals surface area (Å²) < 4.78 is 0. The van der Waals surface area contributed by atoms with Gasteiger partial charge in [-0.1, -0.05) is 30.3 Å². The van der Waals surface area contributed by atoms with Crippen LogP contribution in [0.25, 0.3) is 0 Å². The number of anilines is 2. The first-order valence-electron chi connectivity index (χ1n) is 8.34. The first-order chi connectivity index (χ1) is 12.4. The van der Waals surface area contributed by atoms with Crippen LogP contribution >= 0.6 is 0 Å². The molecule has 6 heteroatoms. The van der Waals surface area contributed by atoms with Crippen molar-refractivity contribution in [3.63, 3.8) is 0 Å². The van der Waals surface area contributed by atoms with E-state index in [4.69, 9.17) is 0 Å². The summed E-state index contributed by atoms with van der Waals surface area (Å²) >= 11 is 0. The summed E-state index contributed by atoms with van der Waals surface area (Å²) in [5.74, 6) is -0.711. The van der Waals surface area contributed by atoms with Gasteiger partial charge in [-0.05, 0) is 36.2 Å². The Morgan fingerprint density at radius 3 is 2.38 bits per heavy atom. The van der Waals surface area contributed by atoms with Crippen LogP contribution in [0.2, 0.25) is 0 Å². The number of hydrogen-bond acceptors (Lipinski definition) is 3. The van der Waals surface area contributed by atoms with Gasteiger partial charge in [-0.2, -0.15) is 0 Å². The number of nitrogens with one attached hydrogen (secondary N) is 2. The Labute approximate surface area is 153 Å². The molecule has 0 heterocycles. The zero-order chi connectivity index (χ0) is 19.1. The SMILES string of the molecule is CC(=O)Nc1cccc(N(CC(=O)NCc2ccccc2C)C(C)=O)c1. The Kier molecular flexibility index (Phi) is 6.49. The first-order valence-corrected chi connectivity index (χ1v) is 8.34. The van der Waals surface area contributed by atoms with E-state index in [1.807, 2.05) is 31.2 Å². The summed E-state index contributed by atoms with van der Waals surface area (Å²) in [5, 5.41) is 5.51. The van der Waals surface area contributed by atoms with E-state index in [-0.39, 0.29) is 24.3 Å². The molecule has 0 saturated heterocycles. The van der Waals surface area contributed by atoms with Gasteiger partial charge in [-0.3, -0.25) is 14.4 Å². The highest BCUT2D eigenvalue weighted by Gasteiger charge is 2.16. The van der Waals surface area contributed by atoms with Crippen LogP contribution in [0.3, 0.4) is 0 Å². The van der Waals surface area contributed by atoms with Crippen LogP contribution in [-0.2, 0) is 20.9 Å². The molecule has 0 aliphatic heterocycles. The highest BCUT2D eigenvalue weighted by atomic mass is 16.2. The van der Waals surface area contributed by atoms with Crippen LogP contribution in [0.4, 0.5) is 11.4 Å². The molecule has 2 rings (SSSR count). The van der Waals surface area contributed by atoms with Gasteiger partial charge in [0.2, 0.25) is 17.7 Å². The van der Waals surface area contributed by atoms with E-state index in [1.165, 1.54) is 18.7 Å². The minimum absolute atomic E-state index is 0.0925. The summed E-state index contributed by atoms with van der Waals surface area (Å²) in [6.45, 7) is 5.11. The molecular formula is C20H23N3O3. The topological polar surface area (TPSA) is 78.5 Å². The van der Waals surface area contributed by atoms with E-state index < -0.39 is 0 Å². The third-order valence-electron chi connectivity index (χ3n) is 3.90. The number of amides is 3. The largest absolute Gasteiger partial charge is 0.350 e. The van der Waals surface area contributed by atoms with Crippen molar-refractivity contribution in [2.24, 2.45) is 0 Å². The summed E-state index contributed by atoms with van der Waals surface area (Å²) in [5.41, 5.74) is 3.25. The zero-order valence-corrected chi connectivity index (χ0v) is 15.2. The van der Waals surface area contributed by atoms with Gasteiger partial charge in [0, 0.05) is 31.8 Å². The molecule has 0 aliphatic rings. The van der Waals surface area contributed by atoms with E-state index in [0.717, 1.165) is 11.1 Å². The number of rotatable bonds is 6. The first kappa shape index (κ1) is 19.2. The Morgan fingerprint density at radius 2 is 1.73 bits per heavy atom. The number of carbonyl (C=O) groups excluding carboxylic acids is 3. The predicted octanol–water partition coefficient (Wildman–Crippen LogP) is 2.62. The van der Waals surface area contributed by atoms with Crippen LogP contribution in [0.15, 0.2) is 48.5 Å². The van der Waals surface area contributed by atoms with Crippen molar-refractivity contribution in [1.82, 2.24) is 5.32 Å². The Morgan fingerprint density at radius 1 is 1.00 bits per heavy atom. The molecule has 136 valence electrons.